The first-order chi connectivity index (χ1) is 10.0. The molecular formula is C14H9Cl2NO4. The maximum Gasteiger partial charge on any atom is 0.255 e. The number of rotatable bonds is 2. The molecular weight excluding hydrogens is 317 g/mol. The third kappa shape index (κ3) is 2.70. The average Bonchev–Trinajstić information content (AvgIpc) is 2.91. The summed E-state index contributed by atoms with van der Waals surface area (Å²) in [7, 11) is 0. The van der Waals surface area contributed by atoms with E-state index >= 15 is 0 Å². The Morgan fingerprint density at radius 3 is 2.81 bits per heavy atom. The minimum atomic E-state index is -0.451. The summed E-state index contributed by atoms with van der Waals surface area (Å²) in [4.78, 5) is 12.2. The van der Waals surface area contributed by atoms with E-state index in [-0.39, 0.29) is 28.8 Å². The van der Waals surface area contributed by atoms with Crippen molar-refractivity contribution in [3.05, 3.63) is 45.9 Å². The number of hydrogen-bond acceptors (Lipinski definition) is 4. The molecule has 0 unspecified atom stereocenters. The zero-order chi connectivity index (χ0) is 15.0. The third-order valence-corrected chi connectivity index (χ3v) is 3.41. The quantitative estimate of drug-likeness (QED) is 0.826. The molecule has 5 nitrogen and oxygen atoms in total. The highest BCUT2D eigenvalue weighted by Crippen LogP contribution is 2.40. The number of amides is 1. The lowest BCUT2D eigenvalue weighted by atomic mass is 10.1. The number of carbonyl (C=O) groups excluding carboxylic acids is 1. The molecule has 0 aromatic heterocycles. The van der Waals surface area contributed by atoms with Crippen LogP contribution in [0.25, 0.3) is 0 Å². The monoisotopic (exact) mass is 325 g/mol. The first-order valence-electron chi connectivity index (χ1n) is 5.93. The van der Waals surface area contributed by atoms with Gasteiger partial charge in [0.1, 0.15) is 5.75 Å². The number of phenolic OH excluding ortho intramolecular Hbond substituents is 1. The van der Waals surface area contributed by atoms with Crippen LogP contribution in [0.5, 0.6) is 17.2 Å². The van der Waals surface area contributed by atoms with Crippen LogP contribution in [-0.2, 0) is 0 Å². The van der Waals surface area contributed by atoms with Gasteiger partial charge in [-0.15, -0.1) is 0 Å². The molecule has 1 aliphatic rings. The van der Waals surface area contributed by atoms with Gasteiger partial charge in [-0.25, -0.2) is 0 Å². The maximum atomic E-state index is 12.2. The fourth-order valence-corrected chi connectivity index (χ4v) is 2.34. The van der Waals surface area contributed by atoms with Gasteiger partial charge in [0.15, 0.2) is 11.5 Å². The van der Waals surface area contributed by atoms with Crippen molar-refractivity contribution in [3.8, 4) is 17.2 Å². The Balaban J connectivity index is 1.89. The van der Waals surface area contributed by atoms with E-state index in [1.165, 1.54) is 30.3 Å². The van der Waals surface area contributed by atoms with Crippen molar-refractivity contribution in [2.75, 3.05) is 12.1 Å². The molecule has 2 N–H and O–H groups in total. The first kappa shape index (κ1) is 13.9. The van der Waals surface area contributed by atoms with Gasteiger partial charge in [-0.2, -0.15) is 0 Å². The Bertz CT molecular complexity index is 733. The van der Waals surface area contributed by atoms with Crippen molar-refractivity contribution < 1.29 is 19.4 Å². The van der Waals surface area contributed by atoms with E-state index in [4.69, 9.17) is 32.7 Å². The van der Waals surface area contributed by atoms with Crippen molar-refractivity contribution in [2.45, 2.75) is 0 Å². The number of nitrogens with one attached hydrogen (secondary N) is 1. The highest BCUT2D eigenvalue weighted by molar-refractivity contribution is 6.33. The third-order valence-electron chi connectivity index (χ3n) is 2.90. The predicted octanol–water partition coefficient (Wildman–Crippen LogP) is 3.68. The van der Waals surface area contributed by atoms with E-state index in [1.807, 2.05) is 0 Å². The number of aromatic hydroxyl groups is 1. The van der Waals surface area contributed by atoms with Crippen LogP contribution < -0.4 is 14.8 Å². The Labute approximate surface area is 130 Å². The second-order valence-electron chi connectivity index (χ2n) is 4.31. The highest BCUT2D eigenvalue weighted by Gasteiger charge is 2.21. The van der Waals surface area contributed by atoms with Crippen molar-refractivity contribution in [3.63, 3.8) is 0 Å². The lowest BCUT2D eigenvalue weighted by Crippen LogP contribution is -2.12. The molecule has 0 bridgehead atoms. The van der Waals surface area contributed by atoms with Crippen LogP contribution in [0.4, 0.5) is 5.69 Å². The Kier molecular flexibility index (Phi) is 3.53. The minimum absolute atomic E-state index is 0.0647. The fraction of sp³-hybridized carbons (Fsp3) is 0.0714. The molecule has 0 radical (unpaired) electrons. The van der Waals surface area contributed by atoms with Crippen LogP contribution in [0, 0.1) is 0 Å². The summed E-state index contributed by atoms with van der Waals surface area (Å²) >= 11 is 11.9. The fourth-order valence-electron chi connectivity index (χ4n) is 1.90. The SMILES string of the molecule is O=C(Nc1cc(Cl)ccc1O)c1cc(Cl)c2c(c1)OCO2. The zero-order valence-corrected chi connectivity index (χ0v) is 12.0. The van der Waals surface area contributed by atoms with Gasteiger partial charge in [0.05, 0.1) is 10.7 Å². The van der Waals surface area contributed by atoms with Crippen LogP contribution in [-0.4, -0.2) is 17.8 Å². The van der Waals surface area contributed by atoms with Gasteiger partial charge in [0.25, 0.3) is 5.91 Å². The molecule has 0 atom stereocenters. The Morgan fingerprint density at radius 1 is 1.19 bits per heavy atom. The summed E-state index contributed by atoms with van der Waals surface area (Å²) in [5.41, 5.74) is 0.491. The van der Waals surface area contributed by atoms with E-state index in [0.29, 0.717) is 16.5 Å². The zero-order valence-electron chi connectivity index (χ0n) is 10.5. The van der Waals surface area contributed by atoms with E-state index in [1.54, 1.807) is 0 Å². The summed E-state index contributed by atoms with van der Waals surface area (Å²) in [6, 6.07) is 7.34. The number of benzene rings is 2. The van der Waals surface area contributed by atoms with Crippen molar-refractivity contribution in [1.29, 1.82) is 0 Å². The summed E-state index contributed by atoms with van der Waals surface area (Å²) in [6.45, 7) is 0.0647. The number of halogens is 2. The molecule has 0 saturated carbocycles. The second-order valence-corrected chi connectivity index (χ2v) is 5.15. The molecule has 0 fully saturated rings. The molecule has 1 heterocycles. The van der Waals surface area contributed by atoms with E-state index in [0.717, 1.165) is 0 Å². The Hall–Kier alpha value is -2.11. The summed E-state index contributed by atoms with van der Waals surface area (Å²) in [5.74, 6) is 0.286. The smallest absolute Gasteiger partial charge is 0.255 e. The Morgan fingerprint density at radius 2 is 2.00 bits per heavy atom. The first-order valence-corrected chi connectivity index (χ1v) is 6.69. The van der Waals surface area contributed by atoms with Gasteiger partial charge < -0.3 is 19.9 Å². The van der Waals surface area contributed by atoms with Crippen LogP contribution in [0.2, 0.25) is 10.0 Å². The van der Waals surface area contributed by atoms with Crippen molar-refractivity contribution >= 4 is 34.8 Å². The number of hydrogen-bond donors (Lipinski definition) is 2. The molecule has 0 saturated heterocycles. The van der Waals surface area contributed by atoms with Gasteiger partial charge in [0.2, 0.25) is 6.79 Å². The summed E-state index contributed by atoms with van der Waals surface area (Å²) in [6.07, 6.45) is 0. The van der Waals surface area contributed by atoms with Gasteiger partial charge in [-0.05, 0) is 30.3 Å². The van der Waals surface area contributed by atoms with Gasteiger partial charge in [-0.3, -0.25) is 4.79 Å². The maximum absolute atomic E-state index is 12.2. The van der Waals surface area contributed by atoms with Gasteiger partial charge >= 0.3 is 0 Å². The van der Waals surface area contributed by atoms with Crippen LogP contribution in [0.1, 0.15) is 10.4 Å². The molecule has 2 aromatic rings. The van der Waals surface area contributed by atoms with Crippen LogP contribution in [0.3, 0.4) is 0 Å². The molecule has 1 amide bonds. The predicted molar refractivity (Wildman–Crippen MR) is 78.6 cm³/mol. The molecule has 3 rings (SSSR count). The summed E-state index contributed by atoms with van der Waals surface area (Å²) in [5, 5.41) is 12.9. The van der Waals surface area contributed by atoms with Gasteiger partial charge in [0, 0.05) is 10.6 Å². The summed E-state index contributed by atoms with van der Waals surface area (Å²) < 4.78 is 10.4. The number of phenols is 1. The minimum Gasteiger partial charge on any atom is -0.506 e. The molecule has 21 heavy (non-hydrogen) atoms. The largest absolute Gasteiger partial charge is 0.506 e. The standard InChI is InChI=1S/C14H9Cl2NO4/c15-8-1-2-11(18)10(5-8)17-14(19)7-3-9(16)13-12(4-7)20-6-21-13/h1-5,18H,6H2,(H,17,19). The van der Waals surface area contributed by atoms with Crippen LogP contribution >= 0.6 is 23.2 Å². The normalized spacial score (nSPS) is 12.3. The molecule has 108 valence electrons. The van der Waals surface area contributed by atoms with Gasteiger partial charge in [-0.1, -0.05) is 23.2 Å². The average molecular weight is 326 g/mol. The van der Waals surface area contributed by atoms with Crippen molar-refractivity contribution in [2.24, 2.45) is 0 Å². The lowest BCUT2D eigenvalue weighted by molar-refractivity contribution is 0.102. The lowest BCUT2D eigenvalue weighted by Gasteiger charge is -2.09. The molecule has 0 aliphatic carbocycles. The van der Waals surface area contributed by atoms with E-state index in [2.05, 4.69) is 5.32 Å². The number of anilines is 1. The van der Waals surface area contributed by atoms with E-state index < -0.39 is 5.91 Å². The number of ether oxygens (including phenoxy) is 2. The topological polar surface area (TPSA) is 67.8 Å². The number of carbonyl (C=O) groups is 1. The molecule has 1 aliphatic heterocycles. The van der Waals surface area contributed by atoms with Crippen LogP contribution in [0.15, 0.2) is 30.3 Å². The molecule has 2 aromatic carbocycles. The number of fused-ring (bicyclic) bond motifs is 1. The highest BCUT2D eigenvalue weighted by atomic mass is 35.5. The molecule has 0 spiro atoms. The van der Waals surface area contributed by atoms with Crippen molar-refractivity contribution in [1.82, 2.24) is 0 Å². The second kappa shape index (κ2) is 5.35. The van der Waals surface area contributed by atoms with E-state index in [9.17, 15) is 9.90 Å². The molecule has 7 heteroatoms.